The Bertz CT molecular complexity index is 917. The third-order valence-corrected chi connectivity index (χ3v) is 4.67. The number of hydrogen-bond donors (Lipinski definition) is 1. The molecule has 3 rings (SSSR count). The van der Waals surface area contributed by atoms with Gasteiger partial charge in [-0.1, -0.05) is 11.3 Å². The lowest BCUT2D eigenvalue weighted by Gasteiger charge is -2.25. The second-order valence-corrected chi connectivity index (χ2v) is 6.59. The molecule has 1 aliphatic rings. The van der Waals surface area contributed by atoms with Gasteiger partial charge in [0.1, 0.15) is 0 Å². The average Bonchev–Trinajstić information content (AvgIpc) is 3.29. The molecule has 1 aromatic carbocycles. The highest BCUT2D eigenvalue weighted by molar-refractivity contribution is 5.98. The molecule has 1 N–H and O–H groups in total. The van der Waals surface area contributed by atoms with Crippen LogP contribution in [0.5, 0.6) is 11.5 Å². The summed E-state index contributed by atoms with van der Waals surface area (Å²) in [6.07, 6.45) is 0.824. The molecule has 1 aliphatic heterocycles. The summed E-state index contributed by atoms with van der Waals surface area (Å²) < 4.78 is 40.1. The molecule has 0 radical (unpaired) electrons. The fraction of sp³-hybridized carbons (Fsp3) is 0.444. The van der Waals surface area contributed by atoms with Gasteiger partial charge < -0.3 is 19.7 Å². The maximum Gasteiger partial charge on any atom is 0.273 e. The van der Waals surface area contributed by atoms with Crippen molar-refractivity contribution < 1.29 is 27.8 Å². The van der Waals surface area contributed by atoms with Gasteiger partial charge in [-0.25, -0.2) is 13.5 Å². The Morgan fingerprint density at radius 3 is 2.72 bits per heavy atom. The third kappa shape index (κ3) is 4.13. The summed E-state index contributed by atoms with van der Waals surface area (Å²) in [6.45, 7) is -0.758. The van der Waals surface area contributed by atoms with Crippen LogP contribution in [0.1, 0.15) is 27.3 Å². The van der Waals surface area contributed by atoms with Crippen LogP contribution in [0.2, 0.25) is 0 Å². The topological polar surface area (TPSA) is 98.6 Å². The Morgan fingerprint density at radius 1 is 1.31 bits per heavy atom. The number of likely N-dealkylation sites (tertiary alicyclic amines) is 1. The van der Waals surface area contributed by atoms with E-state index in [2.05, 4.69) is 15.6 Å². The Kier molecular flexibility index (Phi) is 5.66. The number of alkyl halides is 2. The largest absolute Gasteiger partial charge is 0.493 e. The summed E-state index contributed by atoms with van der Waals surface area (Å²) in [4.78, 5) is 25.8. The van der Waals surface area contributed by atoms with Crippen LogP contribution in [0.25, 0.3) is 0 Å². The highest BCUT2D eigenvalue weighted by atomic mass is 19.3. The minimum Gasteiger partial charge on any atom is -0.493 e. The van der Waals surface area contributed by atoms with Crippen LogP contribution in [0, 0.1) is 0 Å². The quantitative estimate of drug-likeness (QED) is 0.770. The molecule has 1 saturated heterocycles. The van der Waals surface area contributed by atoms with E-state index in [1.165, 1.54) is 38.2 Å². The number of aromatic nitrogens is 3. The number of nitrogens with one attached hydrogen (secondary N) is 1. The van der Waals surface area contributed by atoms with E-state index < -0.39 is 36.7 Å². The summed E-state index contributed by atoms with van der Waals surface area (Å²) >= 11 is 0. The Balaban J connectivity index is 1.88. The van der Waals surface area contributed by atoms with E-state index in [1.807, 2.05) is 0 Å². The molecule has 156 valence electrons. The molecule has 2 amide bonds. The summed E-state index contributed by atoms with van der Waals surface area (Å²) in [7, 11) is 4.24. The van der Waals surface area contributed by atoms with Crippen LogP contribution in [-0.4, -0.2) is 71.5 Å². The van der Waals surface area contributed by atoms with E-state index in [9.17, 15) is 18.4 Å². The number of rotatable bonds is 6. The Morgan fingerprint density at radius 2 is 2.07 bits per heavy atom. The number of halogens is 2. The maximum absolute atomic E-state index is 14.2. The molecule has 9 nitrogen and oxygen atoms in total. The summed E-state index contributed by atoms with van der Waals surface area (Å²) in [5.74, 6) is -3.59. The highest BCUT2D eigenvalue weighted by Gasteiger charge is 2.47. The van der Waals surface area contributed by atoms with Crippen molar-refractivity contribution in [3.8, 4) is 11.5 Å². The van der Waals surface area contributed by atoms with E-state index in [1.54, 1.807) is 12.1 Å². The second-order valence-electron chi connectivity index (χ2n) is 6.59. The van der Waals surface area contributed by atoms with Crippen molar-refractivity contribution in [1.82, 2.24) is 25.2 Å². The molecular weight excluding hydrogens is 388 g/mol. The molecular formula is C18H21F2N5O4. The minimum atomic E-state index is -3.05. The SMILES string of the molecule is CNC(=O)c1cn(CC2CC(F)(F)CN2C(=O)c2cccc(OC)c2OC)nn1. The zero-order valence-electron chi connectivity index (χ0n) is 16.2. The molecule has 2 aromatic rings. The lowest BCUT2D eigenvalue weighted by Crippen LogP contribution is -2.39. The van der Waals surface area contributed by atoms with Crippen molar-refractivity contribution in [2.45, 2.75) is 24.9 Å². The van der Waals surface area contributed by atoms with Crippen LogP contribution in [-0.2, 0) is 6.54 Å². The van der Waals surface area contributed by atoms with E-state index in [0.717, 1.165) is 4.90 Å². The lowest BCUT2D eigenvalue weighted by atomic mass is 10.1. The molecule has 0 aliphatic carbocycles. The van der Waals surface area contributed by atoms with Gasteiger partial charge in [0.15, 0.2) is 17.2 Å². The van der Waals surface area contributed by atoms with Crippen molar-refractivity contribution in [2.24, 2.45) is 0 Å². The lowest BCUT2D eigenvalue weighted by molar-refractivity contribution is 0.0117. The Hall–Kier alpha value is -3.24. The zero-order chi connectivity index (χ0) is 21.2. The summed E-state index contributed by atoms with van der Waals surface area (Å²) in [5.41, 5.74) is 0.184. The highest BCUT2D eigenvalue weighted by Crippen LogP contribution is 2.37. The van der Waals surface area contributed by atoms with Gasteiger partial charge in [-0.05, 0) is 12.1 Å². The van der Waals surface area contributed by atoms with E-state index >= 15 is 0 Å². The molecule has 1 unspecified atom stereocenters. The first kappa shape index (κ1) is 20.5. The molecule has 0 spiro atoms. The number of benzene rings is 1. The van der Waals surface area contributed by atoms with Gasteiger partial charge in [0.2, 0.25) is 0 Å². The number of amides is 2. The number of carbonyl (C=O) groups excluding carboxylic acids is 2. The van der Waals surface area contributed by atoms with E-state index in [4.69, 9.17) is 9.47 Å². The van der Waals surface area contributed by atoms with Crippen LogP contribution in [0.4, 0.5) is 8.78 Å². The molecule has 1 fully saturated rings. The average molecular weight is 409 g/mol. The van der Waals surface area contributed by atoms with Crippen LogP contribution in [0.3, 0.4) is 0 Å². The van der Waals surface area contributed by atoms with Gasteiger partial charge in [0, 0.05) is 13.5 Å². The van der Waals surface area contributed by atoms with Crippen LogP contribution >= 0.6 is 0 Å². The number of carbonyl (C=O) groups is 2. The van der Waals surface area contributed by atoms with Crippen molar-refractivity contribution >= 4 is 11.8 Å². The first-order valence-corrected chi connectivity index (χ1v) is 8.81. The van der Waals surface area contributed by atoms with Gasteiger partial charge in [0.05, 0.1) is 45.1 Å². The monoisotopic (exact) mass is 409 g/mol. The van der Waals surface area contributed by atoms with Gasteiger partial charge in [0.25, 0.3) is 17.7 Å². The minimum absolute atomic E-state index is 0.0302. The molecule has 0 bridgehead atoms. The first-order valence-electron chi connectivity index (χ1n) is 8.81. The van der Waals surface area contributed by atoms with Crippen molar-refractivity contribution in [1.29, 1.82) is 0 Å². The molecule has 1 aromatic heterocycles. The predicted molar refractivity (Wildman–Crippen MR) is 97.3 cm³/mol. The first-order chi connectivity index (χ1) is 13.8. The maximum atomic E-state index is 14.2. The van der Waals surface area contributed by atoms with Crippen molar-refractivity contribution in [3.63, 3.8) is 0 Å². The van der Waals surface area contributed by atoms with E-state index in [-0.39, 0.29) is 23.6 Å². The van der Waals surface area contributed by atoms with Crippen LogP contribution < -0.4 is 14.8 Å². The fourth-order valence-electron chi connectivity index (χ4n) is 3.34. The number of hydrogen-bond acceptors (Lipinski definition) is 6. The number of para-hydroxylation sites is 1. The number of nitrogens with zero attached hydrogens (tertiary/aromatic N) is 4. The predicted octanol–water partition coefficient (Wildman–Crippen LogP) is 1.20. The summed E-state index contributed by atoms with van der Waals surface area (Å²) in [5, 5.41) is 9.93. The second kappa shape index (κ2) is 8.02. The standard InChI is InChI=1S/C18H21F2N5O4/c1-21-16(26)13-9-24(23-22-13)8-11-7-18(19,20)10-25(11)17(27)12-5-4-6-14(28-2)15(12)29-3/h4-6,9,11H,7-8,10H2,1-3H3,(H,21,26). The fourth-order valence-corrected chi connectivity index (χ4v) is 3.34. The molecule has 0 saturated carbocycles. The van der Waals surface area contributed by atoms with Crippen LogP contribution in [0.15, 0.2) is 24.4 Å². The van der Waals surface area contributed by atoms with E-state index in [0.29, 0.717) is 5.75 Å². The molecule has 11 heteroatoms. The third-order valence-electron chi connectivity index (χ3n) is 4.67. The Labute approximate surface area is 165 Å². The van der Waals surface area contributed by atoms with Crippen molar-refractivity contribution in [3.05, 3.63) is 35.7 Å². The zero-order valence-corrected chi connectivity index (χ0v) is 16.2. The van der Waals surface area contributed by atoms with Gasteiger partial charge in [-0.15, -0.1) is 5.10 Å². The molecule has 1 atom stereocenters. The molecule has 29 heavy (non-hydrogen) atoms. The van der Waals surface area contributed by atoms with Crippen molar-refractivity contribution in [2.75, 3.05) is 27.8 Å². The normalized spacial score (nSPS) is 17.8. The number of methoxy groups -OCH3 is 2. The number of ether oxygens (including phenoxy) is 2. The van der Waals surface area contributed by atoms with Gasteiger partial charge >= 0.3 is 0 Å². The summed E-state index contributed by atoms with van der Waals surface area (Å²) in [6, 6.07) is 3.86. The molecule has 2 heterocycles. The smallest absolute Gasteiger partial charge is 0.273 e. The van der Waals surface area contributed by atoms with Gasteiger partial charge in [-0.2, -0.15) is 0 Å². The van der Waals surface area contributed by atoms with Gasteiger partial charge in [-0.3, -0.25) is 9.59 Å².